The molecular weight excluding hydrogens is 382 g/mol. The summed E-state index contributed by atoms with van der Waals surface area (Å²) in [6.45, 7) is 12.3. The highest BCUT2D eigenvalue weighted by atomic mass is 16.3. The molecule has 1 N–H and O–H groups in total. The molecule has 4 fully saturated rings. The summed E-state index contributed by atoms with van der Waals surface area (Å²) < 4.78 is 0. The van der Waals surface area contributed by atoms with Gasteiger partial charge in [-0.3, -0.25) is 0 Å². The highest BCUT2D eigenvalue weighted by Gasteiger charge is 2.62. The molecular formula is C27H47N3O. The molecule has 0 aromatic carbocycles. The van der Waals surface area contributed by atoms with E-state index in [-0.39, 0.29) is 17.6 Å². The van der Waals surface area contributed by atoms with Crippen molar-refractivity contribution in [2.24, 2.45) is 57.4 Å². The Morgan fingerprint density at radius 3 is 2.35 bits per heavy atom. The van der Waals surface area contributed by atoms with Gasteiger partial charge in [-0.15, -0.1) is 0 Å². The van der Waals surface area contributed by atoms with Crippen molar-refractivity contribution in [1.29, 1.82) is 0 Å². The van der Waals surface area contributed by atoms with E-state index in [1.54, 1.807) is 0 Å². The number of nitrogens with zero attached hydrogens (tertiary/aromatic N) is 3. The first-order valence-corrected chi connectivity index (χ1v) is 13.4. The van der Waals surface area contributed by atoms with E-state index in [0.717, 1.165) is 55.3 Å². The molecule has 0 amide bonds. The van der Waals surface area contributed by atoms with Crippen LogP contribution in [0.15, 0.2) is 5.11 Å². The Labute approximate surface area is 190 Å². The Morgan fingerprint density at radius 1 is 0.935 bits per heavy atom. The van der Waals surface area contributed by atoms with Crippen molar-refractivity contribution in [3.8, 4) is 0 Å². The average Bonchev–Trinajstić information content (AvgIpc) is 3.06. The summed E-state index contributed by atoms with van der Waals surface area (Å²) in [6.07, 6.45) is 13.4. The van der Waals surface area contributed by atoms with E-state index in [9.17, 15) is 5.11 Å². The van der Waals surface area contributed by atoms with Gasteiger partial charge in [0, 0.05) is 11.0 Å². The summed E-state index contributed by atoms with van der Waals surface area (Å²) in [6, 6.07) is 0.0886. The quantitative estimate of drug-likeness (QED) is 0.261. The first-order valence-electron chi connectivity index (χ1n) is 13.4. The molecule has 0 heterocycles. The van der Waals surface area contributed by atoms with Crippen molar-refractivity contribution >= 4 is 0 Å². The Balaban J connectivity index is 1.49. The maximum Gasteiger partial charge on any atom is 0.0576 e. The summed E-state index contributed by atoms with van der Waals surface area (Å²) in [4.78, 5) is 3.08. The van der Waals surface area contributed by atoms with Gasteiger partial charge in [0.15, 0.2) is 0 Å². The molecule has 0 unspecified atom stereocenters. The summed E-state index contributed by atoms with van der Waals surface area (Å²) in [5, 5.41) is 15.3. The molecule has 10 atom stereocenters. The second-order valence-corrected chi connectivity index (χ2v) is 13.0. The summed E-state index contributed by atoms with van der Waals surface area (Å²) in [5.41, 5.74) is 9.61. The molecule has 31 heavy (non-hydrogen) atoms. The van der Waals surface area contributed by atoms with Crippen LogP contribution < -0.4 is 0 Å². The van der Waals surface area contributed by atoms with Crippen LogP contribution in [0.4, 0.5) is 0 Å². The third-order valence-corrected chi connectivity index (χ3v) is 11.1. The third-order valence-electron chi connectivity index (χ3n) is 11.1. The zero-order chi connectivity index (χ0) is 22.4. The molecule has 4 heteroatoms. The number of rotatable bonds is 6. The zero-order valence-corrected chi connectivity index (χ0v) is 20.8. The van der Waals surface area contributed by atoms with Crippen LogP contribution in [-0.4, -0.2) is 17.3 Å². The van der Waals surface area contributed by atoms with E-state index in [1.807, 2.05) is 0 Å². The highest BCUT2D eigenvalue weighted by molar-refractivity contribution is 5.11. The molecule has 4 aliphatic carbocycles. The fourth-order valence-electron chi connectivity index (χ4n) is 9.48. The fourth-order valence-corrected chi connectivity index (χ4v) is 9.48. The molecule has 0 saturated heterocycles. The van der Waals surface area contributed by atoms with Gasteiger partial charge in [-0.05, 0) is 109 Å². The van der Waals surface area contributed by atoms with Crippen LogP contribution in [0.2, 0.25) is 0 Å². The second kappa shape index (κ2) is 8.90. The van der Waals surface area contributed by atoms with Crippen LogP contribution in [-0.2, 0) is 0 Å². The van der Waals surface area contributed by atoms with Crippen molar-refractivity contribution in [2.45, 2.75) is 117 Å². The molecule has 4 saturated carbocycles. The monoisotopic (exact) mass is 429 g/mol. The Hall–Kier alpha value is -0.730. The molecule has 0 spiro atoms. The van der Waals surface area contributed by atoms with E-state index in [2.05, 4.69) is 44.6 Å². The third kappa shape index (κ3) is 4.05. The lowest BCUT2D eigenvalue weighted by atomic mass is 9.43. The second-order valence-electron chi connectivity index (χ2n) is 13.0. The number of hydrogen-bond acceptors (Lipinski definition) is 2. The van der Waals surface area contributed by atoms with Crippen molar-refractivity contribution in [3.05, 3.63) is 10.4 Å². The number of aliphatic hydroxyl groups excluding tert-OH is 1. The zero-order valence-electron chi connectivity index (χ0n) is 20.8. The maximum absolute atomic E-state index is 11.3. The minimum absolute atomic E-state index is 0.0886. The van der Waals surface area contributed by atoms with Crippen LogP contribution in [0.1, 0.15) is 105 Å². The van der Waals surface area contributed by atoms with Crippen molar-refractivity contribution in [2.75, 3.05) is 0 Å². The average molecular weight is 430 g/mol. The maximum atomic E-state index is 11.3. The molecule has 0 bridgehead atoms. The Bertz CT molecular complexity index is 688. The van der Waals surface area contributed by atoms with E-state index >= 15 is 0 Å². The Kier molecular flexibility index (Phi) is 6.73. The molecule has 0 aliphatic heterocycles. The molecule has 4 nitrogen and oxygen atoms in total. The molecule has 0 radical (unpaired) electrons. The van der Waals surface area contributed by atoms with E-state index in [0.29, 0.717) is 17.3 Å². The molecule has 4 rings (SSSR count). The van der Waals surface area contributed by atoms with E-state index in [1.165, 1.54) is 44.9 Å². The first kappa shape index (κ1) is 23.4. The van der Waals surface area contributed by atoms with Crippen LogP contribution in [0.25, 0.3) is 10.4 Å². The van der Waals surface area contributed by atoms with Crippen LogP contribution in [0.3, 0.4) is 0 Å². The minimum atomic E-state index is -0.215. The fraction of sp³-hybridized carbons (Fsp3) is 1.00. The molecule has 0 aromatic heterocycles. The minimum Gasteiger partial charge on any atom is -0.393 e. The lowest BCUT2D eigenvalue weighted by Crippen LogP contribution is -2.58. The van der Waals surface area contributed by atoms with Crippen LogP contribution in [0.5, 0.6) is 0 Å². The summed E-state index contributed by atoms with van der Waals surface area (Å²) in [7, 11) is 0. The van der Waals surface area contributed by atoms with E-state index in [4.69, 9.17) is 5.53 Å². The van der Waals surface area contributed by atoms with Crippen molar-refractivity contribution in [1.82, 2.24) is 0 Å². The van der Waals surface area contributed by atoms with Gasteiger partial charge < -0.3 is 5.11 Å². The van der Waals surface area contributed by atoms with Crippen LogP contribution in [0, 0.1) is 52.3 Å². The van der Waals surface area contributed by atoms with Crippen molar-refractivity contribution < 1.29 is 5.11 Å². The number of azide groups is 1. The predicted molar refractivity (Wildman–Crippen MR) is 127 cm³/mol. The normalized spacial score (nSPS) is 47.8. The summed E-state index contributed by atoms with van der Waals surface area (Å²) >= 11 is 0. The Morgan fingerprint density at radius 2 is 1.65 bits per heavy atom. The molecule has 4 aliphatic rings. The topological polar surface area (TPSA) is 69.0 Å². The lowest BCUT2D eigenvalue weighted by molar-refractivity contribution is -0.161. The largest absolute Gasteiger partial charge is 0.393 e. The van der Waals surface area contributed by atoms with Gasteiger partial charge in [0.2, 0.25) is 0 Å². The standard InChI is InChI=1S/C27H47N3O/c1-17(2)7-6-8-18(3)21-9-10-22-20-16-25(31)24-15-19(29-30-28)11-13-27(24,5)23(20)12-14-26(21,22)4/h17-25,31H,6-16H2,1-5H3/t18-,19-,20+,21-,22+,23+,24-,25-,26-,27-/m1/s1. The van der Waals surface area contributed by atoms with Gasteiger partial charge in [-0.25, -0.2) is 0 Å². The highest BCUT2D eigenvalue weighted by Crippen LogP contribution is 2.68. The lowest BCUT2D eigenvalue weighted by Gasteiger charge is -2.62. The first-order chi connectivity index (χ1) is 14.7. The van der Waals surface area contributed by atoms with Gasteiger partial charge >= 0.3 is 0 Å². The van der Waals surface area contributed by atoms with Gasteiger partial charge in [0.1, 0.15) is 0 Å². The van der Waals surface area contributed by atoms with Crippen LogP contribution >= 0.6 is 0 Å². The molecule has 0 aromatic rings. The number of hydrogen-bond donors (Lipinski definition) is 1. The van der Waals surface area contributed by atoms with E-state index < -0.39 is 0 Å². The van der Waals surface area contributed by atoms with Gasteiger partial charge in [0.25, 0.3) is 0 Å². The number of fused-ring (bicyclic) bond motifs is 5. The number of aliphatic hydroxyl groups is 1. The molecule has 176 valence electrons. The van der Waals surface area contributed by atoms with Gasteiger partial charge in [-0.1, -0.05) is 59.0 Å². The van der Waals surface area contributed by atoms with Gasteiger partial charge in [-0.2, -0.15) is 0 Å². The van der Waals surface area contributed by atoms with Gasteiger partial charge in [0.05, 0.1) is 6.10 Å². The summed E-state index contributed by atoms with van der Waals surface area (Å²) in [5.74, 6) is 5.08. The van der Waals surface area contributed by atoms with Crippen molar-refractivity contribution in [3.63, 3.8) is 0 Å². The predicted octanol–water partition coefficient (Wildman–Crippen LogP) is 7.76. The SMILES string of the molecule is CC(C)CCC[C@@H](C)[C@H]1CC[C@H]2[C@@H]3C[C@@H](O)[C@H]4C[C@H](N=[N+]=[N-])CC[C@]4(C)[C@H]3CC[C@]12C. The smallest absolute Gasteiger partial charge is 0.0576 e.